The summed E-state index contributed by atoms with van der Waals surface area (Å²) in [7, 11) is 0. The molecule has 0 aromatic heterocycles. The van der Waals surface area contributed by atoms with Crippen LogP contribution in [0.3, 0.4) is 0 Å². The molecule has 6 aromatic rings. The Labute approximate surface area is 415 Å². The Kier molecular flexibility index (Phi) is 18.0. The van der Waals surface area contributed by atoms with E-state index in [2.05, 4.69) is 143 Å². The predicted octanol–water partition coefficient (Wildman–Crippen LogP) is 14.4. The van der Waals surface area contributed by atoms with Crippen LogP contribution < -0.4 is 9.47 Å². The van der Waals surface area contributed by atoms with Gasteiger partial charge in [0.2, 0.25) is 0 Å². The van der Waals surface area contributed by atoms with E-state index in [1.54, 1.807) is 30.3 Å². The minimum atomic E-state index is -1.03. The van der Waals surface area contributed by atoms with Crippen molar-refractivity contribution in [3.05, 3.63) is 183 Å². The summed E-state index contributed by atoms with van der Waals surface area (Å²) in [5, 5.41) is 29.2. The number of aliphatic hydroxyl groups is 1. The number of rotatable bonds is 14. The third kappa shape index (κ3) is 14.9. The quantitative estimate of drug-likeness (QED) is 0.0559. The van der Waals surface area contributed by atoms with Gasteiger partial charge in [0.15, 0.2) is 5.78 Å². The van der Waals surface area contributed by atoms with E-state index >= 15 is 0 Å². The van der Waals surface area contributed by atoms with Gasteiger partial charge in [0, 0.05) is 22.3 Å². The Morgan fingerprint density at radius 3 is 1.43 bits per heavy atom. The van der Waals surface area contributed by atoms with Crippen LogP contribution in [0.5, 0.6) is 11.5 Å². The second-order valence-corrected chi connectivity index (χ2v) is 20.7. The molecule has 1 atom stereocenters. The number of carbonyl (C=O) groups excluding carboxylic acids is 1. The Morgan fingerprint density at radius 1 is 0.571 bits per heavy atom. The molecule has 0 aliphatic heterocycles. The van der Waals surface area contributed by atoms with E-state index < -0.39 is 18.0 Å². The fourth-order valence-corrected chi connectivity index (χ4v) is 7.70. The Balaban J connectivity index is 0.000000261. The van der Waals surface area contributed by atoms with Crippen molar-refractivity contribution >= 4 is 23.8 Å². The molecule has 0 saturated carbocycles. The lowest BCUT2D eigenvalue weighted by Gasteiger charge is -2.28. The summed E-state index contributed by atoms with van der Waals surface area (Å²) in [4.78, 5) is 35.4. The summed E-state index contributed by atoms with van der Waals surface area (Å²) in [6.45, 7) is 26.6. The largest absolute Gasteiger partial charge is 0.493 e. The van der Waals surface area contributed by atoms with Gasteiger partial charge in [0.05, 0.1) is 24.3 Å². The third-order valence-corrected chi connectivity index (χ3v) is 11.3. The van der Waals surface area contributed by atoms with Crippen molar-refractivity contribution in [3.8, 4) is 45.6 Å². The van der Waals surface area contributed by atoms with Gasteiger partial charge in [-0.3, -0.25) is 4.79 Å². The zero-order valence-electron chi connectivity index (χ0n) is 42.7. The number of carboxylic acid groups (broad SMARTS) is 2. The lowest BCUT2D eigenvalue weighted by Crippen LogP contribution is -2.17. The van der Waals surface area contributed by atoms with Crippen LogP contribution in [-0.4, -0.2) is 46.3 Å². The smallest absolute Gasteiger partial charge is 0.335 e. The van der Waals surface area contributed by atoms with Crippen LogP contribution in [-0.2, 0) is 10.8 Å². The van der Waals surface area contributed by atoms with Crippen molar-refractivity contribution < 1.29 is 39.2 Å². The van der Waals surface area contributed by atoms with Crippen LogP contribution in [0, 0.1) is 37.5 Å². The van der Waals surface area contributed by atoms with E-state index in [1.165, 1.54) is 41.5 Å². The molecule has 0 radical (unpaired) electrons. The van der Waals surface area contributed by atoms with E-state index in [4.69, 9.17) is 19.7 Å². The number of benzene rings is 6. The highest BCUT2D eigenvalue weighted by atomic mass is 16.5. The minimum Gasteiger partial charge on any atom is -0.493 e. The van der Waals surface area contributed by atoms with Crippen molar-refractivity contribution in [2.24, 2.45) is 11.8 Å². The maximum atomic E-state index is 13.2. The van der Waals surface area contributed by atoms with Gasteiger partial charge < -0.3 is 24.8 Å². The number of carboxylic acids is 2. The molecule has 6 aromatic carbocycles. The third-order valence-electron chi connectivity index (χ3n) is 11.3. The molecule has 6 rings (SSSR count). The number of allylic oxidation sites excluding steroid dienone is 1. The summed E-state index contributed by atoms with van der Waals surface area (Å²) in [5.74, 6) is 5.94. The first kappa shape index (κ1) is 53.7. The van der Waals surface area contributed by atoms with Crippen LogP contribution >= 0.6 is 0 Å². The monoisotopic (exact) mass is 940 g/mol. The van der Waals surface area contributed by atoms with Gasteiger partial charge in [-0.15, -0.1) is 0 Å². The normalized spacial score (nSPS) is 11.9. The van der Waals surface area contributed by atoms with E-state index in [0.717, 1.165) is 50.4 Å². The van der Waals surface area contributed by atoms with Crippen LogP contribution in [0.25, 0.3) is 28.3 Å². The molecule has 0 amide bonds. The molecular weight excluding hydrogens is 873 g/mol. The summed E-state index contributed by atoms with van der Waals surface area (Å²) < 4.78 is 12.6. The maximum Gasteiger partial charge on any atom is 0.335 e. The molecular formula is C62H68O8. The van der Waals surface area contributed by atoms with Gasteiger partial charge in [-0.1, -0.05) is 159 Å². The SMILES string of the molecule is Cc1ccc(-c2cc(C(=O)/C=C/c3ccc(C(=O)O)cc3)cc(OCC(C)C)c2C(C)(C)C)cc1.Cc1ccc(-c2cc(C(O)C#Cc3ccc(C(=O)O)cc3)cc(OCC(C)C)c2C(C)(C)C)cc1. The summed E-state index contributed by atoms with van der Waals surface area (Å²) in [5.41, 5.74) is 11.2. The molecule has 364 valence electrons. The zero-order chi connectivity index (χ0) is 51.5. The van der Waals surface area contributed by atoms with Gasteiger partial charge in [-0.05, 0) is 137 Å². The molecule has 0 aliphatic rings. The van der Waals surface area contributed by atoms with Crippen LogP contribution in [0.4, 0.5) is 0 Å². The minimum absolute atomic E-state index is 0.143. The molecule has 3 N–H and O–H groups in total. The maximum absolute atomic E-state index is 13.2. The van der Waals surface area contributed by atoms with E-state index in [-0.39, 0.29) is 27.7 Å². The second kappa shape index (κ2) is 23.4. The first-order valence-corrected chi connectivity index (χ1v) is 23.8. The predicted molar refractivity (Wildman–Crippen MR) is 283 cm³/mol. The van der Waals surface area contributed by atoms with Gasteiger partial charge in [-0.2, -0.15) is 0 Å². The summed E-state index contributed by atoms with van der Waals surface area (Å²) in [6.07, 6.45) is 2.19. The van der Waals surface area contributed by atoms with Crippen molar-refractivity contribution in [1.29, 1.82) is 0 Å². The van der Waals surface area contributed by atoms with Crippen molar-refractivity contribution in [2.75, 3.05) is 13.2 Å². The average Bonchev–Trinajstić information content (AvgIpc) is 3.30. The topological polar surface area (TPSA) is 130 Å². The first-order valence-electron chi connectivity index (χ1n) is 23.8. The molecule has 8 heteroatoms. The summed E-state index contributed by atoms with van der Waals surface area (Å²) >= 11 is 0. The first-order chi connectivity index (χ1) is 32.9. The number of aliphatic hydroxyl groups excluding tert-OH is 1. The molecule has 8 nitrogen and oxygen atoms in total. The Hall–Kier alpha value is -7.21. The standard InChI is InChI=1S/2C31H34O4/c2*1-20(2)19-35-28-18-25(27(32)16-11-22-9-14-24(15-10-22)30(33)34)17-26(29(28)31(4,5)6)23-12-7-21(3)8-13-23/h7-10,12-15,17-18,20,27,32H,19H2,1-6H3,(H,33,34);7-18,20H,19H2,1-6H3,(H,33,34)/b;16-11+. The molecule has 1 unspecified atom stereocenters. The number of ether oxygens (including phenoxy) is 2. The highest BCUT2D eigenvalue weighted by molar-refractivity contribution is 6.08. The molecule has 0 saturated heterocycles. The Bertz CT molecular complexity index is 2860. The summed E-state index contributed by atoms with van der Waals surface area (Å²) in [6, 6.07) is 37.1. The van der Waals surface area contributed by atoms with Crippen LogP contribution in [0.15, 0.2) is 127 Å². The van der Waals surface area contributed by atoms with Crippen LogP contribution in [0.2, 0.25) is 0 Å². The fraction of sp³-hybridized carbons (Fsp3) is 0.306. The van der Waals surface area contributed by atoms with Crippen LogP contribution in [0.1, 0.15) is 145 Å². The fourth-order valence-electron chi connectivity index (χ4n) is 7.70. The molecule has 0 fully saturated rings. The average molecular weight is 941 g/mol. The molecule has 0 bridgehead atoms. The lowest BCUT2D eigenvalue weighted by molar-refractivity contribution is 0.0686. The van der Waals surface area contributed by atoms with E-state index in [0.29, 0.717) is 41.7 Å². The Morgan fingerprint density at radius 2 is 1.00 bits per heavy atom. The number of hydrogen-bond acceptors (Lipinski definition) is 6. The van der Waals surface area contributed by atoms with Crippen molar-refractivity contribution in [3.63, 3.8) is 0 Å². The van der Waals surface area contributed by atoms with Crippen molar-refractivity contribution in [1.82, 2.24) is 0 Å². The highest BCUT2D eigenvalue weighted by Crippen LogP contribution is 2.43. The molecule has 0 heterocycles. The number of aryl methyl sites for hydroxylation is 2. The molecule has 0 aliphatic carbocycles. The van der Waals surface area contributed by atoms with E-state index in [9.17, 15) is 19.5 Å². The number of aromatic carboxylic acids is 2. The van der Waals surface area contributed by atoms with E-state index in [1.807, 2.05) is 24.3 Å². The lowest BCUT2D eigenvalue weighted by atomic mass is 9.79. The van der Waals surface area contributed by atoms with Gasteiger partial charge in [0.1, 0.15) is 17.6 Å². The van der Waals surface area contributed by atoms with Gasteiger partial charge >= 0.3 is 11.9 Å². The molecule has 0 spiro atoms. The molecule has 70 heavy (non-hydrogen) atoms. The zero-order valence-corrected chi connectivity index (χ0v) is 42.7. The number of hydrogen-bond donors (Lipinski definition) is 3. The van der Waals surface area contributed by atoms with Gasteiger partial charge in [0.25, 0.3) is 0 Å². The second-order valence-electron chi connectivity index (χ2n) is 20.7. The van der Waals surface area contributed by atoms with Crippen molar-refractivity contribution in [2.45, 2.75) is 100 Å². The highest BCUT2D eigenvalue weighted by Gasteiger charge is 2.28. The number of carbonyl (C=O) groups is 3. The number of ketones is 1. The van der Waals surface area contributed by atoms with Gasteiger partial charge in [-0.25, -0.2) is 9.59 Å².